The molecule has 27 heavy (non-hydrogen) atoms. The summed E-state index contributed by atoms with van der Waals surface area (Å²) >= 11 is 0. The second-order valence-electron chi connectivity index (χ2n) is 8.29. The van der Waals surface area contributed by atoms with Crippen molar-refractivity contribution < 1.29 is 14.3 Å². The number of nitrogens with zero attached hydrogens (tertiary/aromatic N) is 4. The molecule has 0 N–H and O–H groups in total. The molecule has 2 amide bonds. The van der Waals surface area contributed by atoms with Crippen LogP contribution in [0.15, 0.2) is 24.4 Å². The third kappa shape index (κ3) is 3.99. The highest BCUT2D eigenvalue weighted by atomic mass is 16.5. The number of likely N-dealkylation sites (tertiary alicyclic amines) is 1. The third-order valence-electron chi connectivity index (χ3n) is 5.76. The van der Waals surface area contributed by atoms with Crippen LogP contribution in [0, 0.1) is 5.92 Å². The Morgan fingerprint density at radius 2 is 2.15 bits per heavy atom. The molecule has 4 rings (SSSR count). The zero-order valence-electron chi connectivity index (χ0n) is 16.1. The first-order chi connectivity index (χ1) is 13.0. The lowest BCUT2D eigenvalue weighted by Crippen LogP contribution is -2.59. The van der Waals surface area contributed by atoms with Crippen molar-refractivity contribution >= 4 is 11.8 Å². The van der Waals surface area contributed by atoms with E-state index in [0.29, 0.717) is 19.6 Å². The first-order valence-corrected chi connectivity index (χ1v) is 9.76. The number of likely N-dealkylation sites (N-methyl/N-ethyl adjacent to an activating group) is 2. The van der Waals surface area contributed by atoms with Gasteiger partial charge in [0.1, 0.15) is 11.7 Å². The number of carbonyl (C=O) groups is 2. The minimum atomic E-state index is -0.506. The van der Waals surface area contributed by atoms with Gasteiger partial charge in [-0.25, -0.2) is 0 Å². The van der Waals surface area contributed by atoms with Crippen LogP contribution in [0.4, 0.5) is 0 Å². The van der Waals surface area contributed by atoms with Gasteiger partial charge < -0.3 is 19.4 Å². The first kappa shape index (κ1) is 18.4. The molecular formula is C20H28N4O3. The Hall–Kier alpha value is -1.99. The number of amides is 2. The maximum atomic E-state index is 13.0. The second-order valence-corrected chi connectivity index (χ2v) is 8.29. The predicted molar refractivity (Wildman–Crippen MR) is 99.7 cm³/mol. The zero-order chi connectivity index (χ0) is 19.0. The van der Waals surface area contributed by atoms with Crippen LogP contribution in [-0.2, 0) is 20.9 Å². The summed E-state index contributed by atoms with van der Waals surface area (Å²) in [4.78, 5) is 35.5. The molecule has 1 aromatic heterocycles. The number of hydrogen-bond acceptors (Lipinski definition) is 5. The van der Waals surface area contributed by atoms with Crippen LogP contribution in [0.2, 0.25) is 0 Å². The van der Waals surface area contributed by atoms with Crippen molar-refractivity contribution in [3.8, 4) is 0 Å². The summed E-state index contributed by atoms with van der Waals surface area (Å²) in [5.74, 6) is 0.459. The van der Waals surface area contributed by atoms with Crippen molar-refractivity contribution in [2.24, 2.45) is 5.92 Å². The Bertz CT molecular complexity index is 708. The molecule has 146 valence electrons. The summed E-state index contributed by atoms with van der Waals surface area (Å²) in [6.45, 7) is 3.12. The molecule has 1 aromatic rings. The molecule has 0 radical (unpaired) electrons. The highest BCUT2D eigenvalue weighted by Crippen LogP contribution is 2.36. The van der Waals surface area contributed by atoms with Crippen molar-refractivity contribution in [1.82, 2.24) is 19.7 Å². The monoisotopic (exact) mass is 372 g/mol. The van der Waals surface area contributed by atoms with Crippen molar-refractivity contribution in [2.45, 2.75) is 37.5 Å². The van der Waals surface area contributed by atoms with Crippen LogP contribution in [0.3, 0.4) is 0 Å². The second kappa shape index (κ2) is 7.20. The molecule has 3 heterocycles. The van der Waals surface area contributed by atoms with E-state index in [0.717, 1.165) is 38.0 Å². The van der Waals surface area contributed by atoms with E-state index in [1.54, 1.807) is 18.1 Å². The number of pyridine rings is 1. The Morgan fingerprint density at radius 1 is 1.33 bits per heavy atom. The average molecular weight is 372 g/mol. The third-order valence-corrected chi connectivity index (χ3v) is 5.76. The van der Waals surface area contributed by atoms with E-state index in [-0.39, 0.29) is 17.7 Å². The summed E-state index contributed by atoms with van der Waals surface area (Å²) in [6, 6.07) is 5.70. The van der Waals surface area contributed by atoms with Gasteiger partial charge in [0, 0.05) is 38.8 Å². The van der Waals surface area contributed by atoms with E-state index in [4.69, 9.17) is 4.74 Å². The fourth-order valence-corrected chi connectivity index (χ4v) is 4.25. The Morgan fingerprint density at radius 3 is 2.85 bits per heavy atom. The lowest BCUT2D eigenvalue weighted by Gasteiger charge is -2.43. The first-order valence-electron chi connectivity index (χ1n) is 9.76. The normalized spacial score (nSPS) is 28.5. The summed E-state index contributed by atoms with van der Waals surface area (Å²) in [7, 11) is 3.81. The topological polar surface area (TPSA) is 66.0 Å². The van der Waals surface area contributed by atoms with Gasteiger partial charge in [0.05, 0.1) is 18.8 Å². The summed E-state index contributed by atoms with van der Waals surface area (Å²) in [5, 5.41) is 0. The maximum Gasteiger partial charge on any atom is 0.253 e. The van der Waals surface area contributed by atoms with E-state index >= 15 is 0 Å². The number of rotatable bonds is 4. The van der Waals surface area contributed by atoms with Crippen LogP contribution >= 0.6 is 0 Å². The number of ether oxygens (including phenoxy) is 1. The number of morpholine rings is 1. The Labute approximate surface area is 160 Å². The quantitative estimate of drug-likeness (QED) is 0.780. The molecule has 1 aliphatic carbocycles. The van der Waals surface area contributed by atoms with E-state index in [2.05, 4.69) is 9.88 Å². The molecule has 1 saturated carbocycles. The number of aromatic nitrogens is 1. The number of hydrogen-bond donors (Lipinski definition) is 0. The van der Waals surface area contributed by atoms with E-state index < -0.39 is 11.7 Å². The van der Waals surface area contributed by atoms with E-state index in [9.17, 15) is 9.59 Å². The molecule has 0 bridgehead atoms. The summed E-state index contributed by atoms with van der Waals surface area (Å²) in [6.07, 6.45) is 4.06. The van der Waals surface area contributed by atoms with Gasteiger partial charge >= 0.3 is 0 Å². The smallest absolute Gasteiger partial charge is 0.253 e. The fraction of sp³-hybridized carbons (Fsp3) is 0.650. The Kier molecular flexibility index (Phi) is 4.90. The largest absolute Gasteiger partial charge is 0.357 e. The molecule has 2 atom stereocenters. The molecule has 3 aliphatic rings. The summed E-state index contributed by atoms with van der Waals surface area (Å²) < 4.78 is 6.36. The predicted octanol–water partition coefficient (Wildman–Crippen LogP) is 0.752. The highest BCUT2D eigenvalue weighted by molar-refractivity contribution is 5.82. The van der Waals surface area contributed by atoms with Gasteiger partial charge in [-0.3, -0.25) is 14.6 Å². The average Bonchev–Trinajstić information content (AvgIpc) is 3.43. The van der Waals surface area contributed by atoms with Crippen LogP contribution in [-0.4, -0.2) is 83.5 Å². The molecule has 2 aliphatic heterocycles. The molecule has 3 fully saturated rings. The standard InChI is InChI=1S/C20H28N4O3/c1-22-12-17(19(26)23(2)11-16-5-3-4-9-21-16)27-20(13-22)8-10-24(14-20)18(25)15-6-7-15/h3-5,9,15,17H,6-8,10-14H2,1-2H3/t17-,20+/m1/s1. The van der Waals surface area contributed by atoms with Gasteiger partial charge in [-0.1, -0.05) is 6.07 Å². The van der Waals surface area contributed by atoms with Crippen molar-refractivity contribution in [1.29, 1.82) is 0 Å². The minimum absolute atomic E-state index is 0.0291. The van der Waals surface area contributed by atoms with E-state index in [1.165, 1.54) is 0 Å². The molecule has 0 aromatic carbocycles. The highest BCUT2D eigenvalue weighted by Gasteiger charge is 2.49. The SMILES string of the molecule is CN1C[C@H](C(=O)N(C)Cc2ccccn2)O[C@@]2(CCN(C(=O)C3CC3)C2)C1. The van der Waals surface area contributed by atoms with Crippen molar-refractivity contribution in [2.75, 3.05) is 40.3 Å². The lowest BCUT2D eigenvalue weighted by molar-refractivity contribution is -0.175. The summed E-state index contributed by atoms with van der Waals surface area (Å²) in [5.41, 5.74) is 0.429. The molecule has 1 spiro atoms. The van der Waals surface area contributed by atoms with Gasteiger partial charge in [-0.05, 0) is 38.4 Å². The van der Waals surface area contributed by atoms with Gasteiger partial charge in [0.2, 0.25) is 5.91 Å². The Balaban J connectivity index is 1.41. The van der Waals surface area contributed by atoms with Crippen molar-refractivity contribution in [3.63, 3.8) is 0 Å². The zero-order valence-corrected chi connectivity index (χ0v) is 16.1. The van der Waals surface area contributed by atoms with Gasteiger partial charge in [-0.15, -0.1) is 0 Å². The molecule has 2 saturated heterocycles. The van der Waals surface area contributed by atoms with Crippen LogP contribution < -0.4 is 0 Å². The van der Waals surface area contributed by atoms with Crippen LogP contribution in [0.1, 0.15) is 25.0 Å². The fourth-order valence-electron chi connectivity index (χ4n) is 4.25. The minimum Gasteiger partial charge on any atom is -0.357 e. The van der Waals surface area contributed by atoms with Crippen LogP contribution in [0.5, 0.6) is 0 Å². The van der Waals surface area contributed by atoms with Gasteiger partial charge in [0.25, 0.3) is 5.91 Å². The molecular weight excluding hydrogens is 344 g/mol. The molecule has 0 unspecified atom stereocenters. The molecule has 7 nitrogen and oxygen atoms in total. The van der Waals surface area contributed by atoms with Gasteiger partial charge in [-0.2, -0.15) is 0 Å². The van der Waals surface area contributed by atoms with E-state index in [1.807, 2.05) is 30.1 Å². The number of carbonyl (C=O) groups excluding carboxylic acids is 2. The molecule has 7 heteroatoms. The van der Waals surface area contributed by atoms with Crippen molar-refractivity contribution in [3.05, 3.63) is 30.1 Å². The maximum absolute atomic E-state index is 13.0. The van der Waals surface area contributed by atoms with Crippen LogP contribution in [0.25, 0.3) is 0 Å². The lowest BCUT2D eigenvalue weighted by atomic mass is 9.99. The van der Waals surface area contributed by atoms with Gasteiger partial charge in [0.15, 0.2) is 0 Å².